The van der Waals surface area contributed by atoms with Gasteiger partial charge in [-0.2, -0.15) is 0 Å². The molecule has 0 radical (unpaired) electrons. The molecule has 1 aliphatic carbocycles. The van der Waals surface area contributed by atoms with Crippen molar-refractivity contribution in [3.8, 4) is 0 Å². The second kappa shape index (κ2) is 5.87. The van der Waals surface area contributed by atoms with Crippen LogP contribution in [0.5, 0.6) is 0 Å². The van der Waals surface area contributed by atoms with E-state index < -0.39 is 5.54 Å². The minimum absolute atomic E-state index is 0.149. The van der Waals surface area contributed by atoms with Crippen molar-refractivity contribution in [1.29, 1.82) is 0 Å². The Balaban J connectivity index is 1.72. The number of carbonyl (C=O) groups excluding carboxylic acids is 3. The van der Waals surface area contributed by atoms with Crippen molar-refractivity contribution < 1.29 is 19.1 Å². The molecule has 0 aromatic carbocycles. The highest BCUT2D eigenvalue weighted by Crippen LogP contribution is 2.39. The molecule has 2 saturated heterocycles. The largest absolute Gasteiger partial charge is 0.378 e. The molecule has 0 aromatic heterocycles. The quantitative estimate of drug-likeness (QED) is 0.694. The van der Waals surface area contributed by atoms with E-state index in [4.69, 9.17) is 4.74 Å². The van der Waals surface area contributed by atoms with Gasteiger partial charge < -0.3 is 14.5 Å². The summed E-state index contributed by atoms with van der Waals surface area (Å²) in [6, 6.07) is -0.339. The van der Waals surface area contributed by atoms with Crippen LogP contribution in [-0.2, 0) is 14.3 Å². The summed E-state index contributed by atoms with van der Waals surface area (Å²) in [5, 5.41) is 0. The molecule has 22 heavy (non-hydrogen) atoms. The molecule has 2 aliphatic heterocycles. The summed E-state index contributed by atoms with van der Waals surface area (Å²) >= 11 is 0. The Kier molecular flexibility index (Phi) is 4.08. The highest BCUT2D eigenvalue weighted by atomic mass is 16.5. The smallest absolute Gasteiger partial charge is 0.327 e. The van der Waals surface area contributed by atoms with Gasteiger partial charge in [0.2, 0.25) is 5.91 Å². The lowest BCUT2D eigenvalue weighted by molar-refractivity contribution is -0.142. The minimum atomic E-state index is -0.708. The van der Waals surface area contributed by atoms with E-state index in [0.29, 0.717) is 39.1 Å². The number of carbonyl (C=O) groups is 3. The normalized spacial score (nSPS) is 25.2. The van der Waals surface area contributed by atoms with Gasteiger partial charge in [-0.1, -0.05) is 19.3 Å². The fourth-order valence-electron chi connectivity index (χ4n) is 3.72. The lowest BCUT2D eigenvalue weighted by atomic mass is 9.81. The van der Waals surface area contributed by atoms with E-state index in [9.17, 15) is 14.4 Å². The van der Waals surface area contributed by atoms with Gasteiger partial charge in [-0.05, 0) is 12.8 Å². The third-order valence-corrected chi connectivity index (χ3v) is 5.14. The molecule has 3 fully saturated rings. The zero-order valence-electron chi connectivity index (χ0n) is 13.0. The van der Waals surface area contributed by atoms with E-state index in [1.807, 2.05) is 0 Å². The van der Waals surface area contributed by atoms with Crippen LogP contribution in [0.4, 0.5) is 4.79 Å². The Morgan fingerprint density at radius 2 is 1.77 bits per heavy atom. The van der Waals surface area contributed by atoms with Crippen LogP contribution in [0.15, 0.2) is 0 Å². The summed E-state index contributed by atoms with van der Waals surface area (Å²) in [6.07, 6.45) is 4.42. The molecule has 3 aliphatic rings. The molecule has 0 bridgehead atoms. The van der Waals surface area contributed by atoms with Gasteiger partial charge in [0, 0.05) is 20.1 Å². The van der Waals surface area contributed by atoms with Crippen molar-refractivity contribution in [1.82, 2.24) is 14.7 Å². The average Bonchev–Trinajstić information content (AvgIpc) is 2.73. The number of imide groups is 1. The van der Waals surface area contributed by atoms with Crippen LogP contribution in [0.2, 0.25) is 0 Å². The Morgan fingerprint density at radius 1 is 1.14 bits per heavy atom. The monoisotopic (exact) mass is 309 g/mol. The third kappa shape index (κ3) is 2.37. The SMILES string of the molecule is CN1C(=O)N(CC(=O)N2CCOCC2)C(=O)C12CCCCC2. The lowest BCUT2D eigenvalue weighted by Gasteiger charge is -2.35. The molecule has 7 nitrogen and oxygen atoms in total. The molecule has 0 unspecified atom stereocenters. The molecule has 0 atom stereocenters. The van der Waals surface area contributed by atoms with Gasteiger partial charge in [-0.25, -0.2) is 4.79 Å². The number of hydrogen-bond donors (Lipinski definition) is 0. The highest BCUT2D eigenvalue weighted by molar-refractivity contribution is 6.08. The number of hydrogen-bond acceptors (Lipinski definition) is 4. The maximum absolute atomic E-state index is 12.8. The van der Waals surface area contributed by atoms with Crippen LogP contribution in [-0.4, -0.2) is 78.0 Å². The number of rotatable bonds is 2. The van der Waals surface area contributed by atoms with Gasteiger partial charge in [0.25, 0.3) is 5.91 Å². The lowest BCUT2D eigenvalue weighted by Crippen LogP contribution is -2.50. The van der Waals surface area contributed by atoms with Crippen molar-refractivity contribution in [2.24, 2.45) is 0 Å². The predicted molar refractivity (Wildman–Crippen MR) is 78.1 cm³/mol. The summed E-state index contributed by atoms with van der Waals surface area (Å²) in [5.74, 6) is -0.368. The number of ether oxygens (including phenoxy) is 1. The fourth-order valence-corrected chi connectivity index (χ4v) is 3.72. The van der Waals surface area contributed by atoms with Gasteiger partial charge in [0.15, 0.2) is 0 Å². The van der Waals surface area contributed by atoms with Crippen molar-refractivity contribution in [2.75, 3.05) is 39.9 Å². The molecule has 1 spiro atoms. The van der Waals surface area contributed by atoms with E-state index >= 15 is 0 Å². The summed E-state index contributed by atoms with van der Waals surface area (Å²) < 4.78 is 5.22. The second-order valence-electron chi connectivity index (χ2n) is 6.32. The van der Waals surface area contributed by atoms with E-state index in [1.54, 1.807) is 16.8 Å². The first-order valence-corrected chi connectivity index (χ1v) is 8.01. The molecule has 2 heterocycles. The zero-order chi connectivity index (χ0) is 15.7. The van der Waals surface area contributed by atoms with Crippen LogP contribution in [0.3, 0.4) is 0 Å². The van der Waals surface area contributed by atoms with Gasteiger partial charge >= 0.3 is 6.03 Å². The summed E-state index contributed by atoms with van der Waals surface area (Å²) in [7, 11) is 1.69. The van der Waals surface area contributed by atoms with E-state index in [1.165, 1.54) is 0 Å². The fraction of sp³-hybridized carbons (Fsp3) is 0.800. The minimum Gasteiger partial charge on any atom is -0.378 e. The topological polar surface area (TPSA) is 70.2 Å². The maximum atomic E-state index is 12.8. The van der Waals surface area contributed by atoms with E-state index in [0.717, 1.165) is 24.2 Å². The predicted octanol–water partition coefficient (Wildman–Crippen LogP) is 0.442. The van der Waals surface area contributed by atoms with E-state index in [2.05, 4.69) is 0 Å². The second-order valence-corrected chi connectivity index (χ2v) is 6.32. The standard InChI is InChI=1S/C15H23N3O4/c1-16-14(21)18(11-12(19)17-7-9-22-10-8-17)13(20)15(16)5-3-2-4-6-15/h2-11H2,1H3. The Labute approximate surface area is 130 Å². The first kappa shape index (κ1) is 15.3. The van der Waals surface area contributed by atoms with Crippen molar-refractivity contribution in [3.63, 3.8) is 0 Å². The van der Waals surface area contributed by atoms with Crippen LogP contribution in [0.1, 0.15) is 32.1 Å². The van der Waals surface area contributed by atoms with Crippen molar-refractivity contribution >= 4 is 17.8 Å². The summed E-state index contributed by atoms with van der Waals surface area (Å²) in [5.41, 5.74) is -0.708. The highest BCUT2D eigenvalue weighted by Gasteiger charge is 2.55. The number of likely N-dealkylation sites (N-methyl/N-ethyl adjacent to an activating group) is 1. The van der Waals surface area contributed by atoms with Crippen molar-refractivity contribution in [3.05, 3.63) is 0 Å². The summed E-state index contributed by atoms with van der Waals surface area (Å²) in [4.78, 5) is 41.9. The Bertz CT molecular complexity index is 481. The van der Waals surface area contributed by atoms with E-state index in [-0.39, 0.29) is 24.4 Å². The average molecular weight is 309 g/mol. The number of urea groups is 1. The molecule has 122 valence electrons. The van der Waals surface area contributed by atoms with Crippen molar-refractivity contribution in [2.45, 2.75) is 37.6 Å². The van der Waals surface area contributed by atoms with Gasteiger partial charge in [-0.15, -0.1) is 0 Å². The van der Waals surface area contributed by atoms with Gasteiger partial charge in [0.05, 0.1) is 13.2 Å². The molecule has 1 saturated carbocycles. The van der Waals surface area contributed by atoms with Crippen LogP contribution < -0.4 is 0 Å². The van der Waals surface area contributed by atoms with Gasteiger partial charge in [-0.3, -0.25) is 14.5 Å². The van der Waals surface area contributed by atoms with Crippen LogP contribution >= 0.6 is 0 Å². The van der Waals surface area contributed by atoms with Crippen LogP contribution in [0.25, 0.3) is 0 Å². The molecular formula is C15H23N3O4. The number of amides is 4. The molecule has 4 amide bonds. The number of nitrogens with zero attached hydrogens (tertiary/aromatic N) is 3. The molecule has 0 aromatic rings. The molecular weight excluding hydrogens is 286 g/mol. The molecule has 7 heteroatoms. The maximum Gasteiger partial charge on any atom is 0.327 e. The first-order chi connectivity index (χ1) is 10.6. The Hall–Kier alpha value is -1.63. The Morgan fingerprint density at radius 3 is 2.41 bits per heavy atom. The first-order valence-electron chi connectivity index (χ1n) is 8.01. The molecule has 3 rings (SSSR count). The zero-order valence-corrected chi connectivity index (χ0v) is 13.0. The third-order valence-electron chi connectivity index (χ3n) is 5.14. The van der Waals surface area contributed by atoms with Gasteiger partial charge in [0.1, 0.15) is 12.1 Å². The summed E-state index contributed by atoms with van der Waals surface area (Å²) in [6.45, 7) is 1.92. The molecule has 0 N–H and O–H groups in total. The van der Waals surface area contributed by atoms with Crippen LogP contribution in [0, 0.1) is 0 Å². The number of morpholine rings is 1.